The summed E-state index contributed by atoms with van der Waals surface area (Å²) in [5, 5.41) is 3.60. The highest BCUT2D eigenvalue weighted by atomic mass is 35.5. The van der Waals surface area contributed by atoms with Gasteiger partial charge in [-0.15, -0.1) is 12.4 Å². The summed E-state index contributed by atoms with van der Waals surface area (Å²) >= 11 is 0. The van der Waals surface area contributed by atoms with Gasteiger partial charge in [0, 0.05) is 25.2 Å². The lowest BCUT2D eigenvalue weighted by Gasteiger charge is -2.35. The fourth-order valence-corrected chi connectivity index (χ4v) is 3.31. The molecule has 116 valence electrons. The number of rotatable bonds is 4. The zero-order valence-corrected chi connectivity index (χ0v) is 13.1. The molecule has 21 heavy (non-hydrogen) atoms. The van der Waals surface area contributed by atoms with E-state index in [1.54, 1.807) is 0 Å². The number of ether oxygens (including phenoxy) is 1. The Morgan fingerprint density at radius 2 is 1.86 bits per heavy atom. The summed E-state index contributed by atoms with van der Waals surface area (Å²) in [6, 6.07) is 11.1. The number of benzene rings is 1. The quantitative estimate of drug-likeness (QED) is 0.927. The van der Waals surface area contributed by atoms with Crippen molar-refractivity contribution in [2.45, 2.75) is 43.8 Å². The number of hydrogen-bond donors (Lipinski definition) is 1. The summed E-state index contributed by atoms with van der Waals surface area (Å²) in [6.45, 7) is 0.125. The first-order valence-corrected chi connectivity index (χ1v) is 7.42. The van der Waals surface area contributed by atoms with Crippen LogP contribution in [0, 0.1) is 0 Å². The number of amides is 1. The first-order chi connectivity index (χ1) is 9.72. The fraction of sp³-hybridized carbons (Fsp3) is 0.562. The van der Waals surface area contributed by atoms with E-state index in [2.05, 4.69) is 5.32 Å². The predicted octanol–water partition coefficient (Wildman–Crippen LogP) is 2.23. The SMILES string of the molecule is CN(C(=O)COc1ccccc1)C1CC2CCC(C1)N2.Cl. The molecule has 2 aliphatic rings. The zero-order valence-electron chi connectivity index (χ0n) is 12.3. The number of piperidine rings is 1. The van der Waals surface area contributed by atoms with Crippen LogP contribution in [0.1, 0.15) is 25.7 Å². The third-order valence-electron chi connectivity index (χ3n) is 4.49. The van der Waals surface area contributed by atoms with Gasteiger partial charge in [-0.2, -0.15) is 0 Å². The van der Waals surface area contributed by atoms with E-state index in [0.29, 0.717) is 18.1 Å². The number of fused-ring (bicyclic) bond motifs is 2. The van der Waals surface area contributed by atoms with Gasteiger partial charge in [0.2, 0.25) is 0 Å². The standard InChI is InChI=1S/C16H22N2O2.ClH/c1-18(14-9-12-7-8-13(10-14)17-12)16(19)11-20-15-5-3-2-4-6-15;/h2-6,12-14,17H,7-11H2,1H3;1H. The first kappa shape index (κ1) is 16.1. The number of halogens is 1. The summed E-state index contributed by atoms with van der Waals surface area (Å²) < 4.78 is 5.54. The van der Waals surface area contributed by atoms with Crippen molar-refractivity contribution in [1.29, 1.82) is 0 Å². The molecular weight excluding hydrogens is 288 g/mol. The van der Waals surface area contributed by atoms with E-state index >= 15 is 0 Å². The first-order valence-electron chi connectivity index (χ1n) is 7.42. The topological polar surface area (TPSA) is 41.6 Å². The van der Waals surface area contributed by atoms with Crippen molar-refractivity contribution >= 4 is 18.3 Å². The molecule has 0 aliphatic carbocycles. The summed E-state index contributed by atoms with van der Waals surface area (Å²) in [6.07, 6.45) is 4.65. The highest BCUT2D eigenvalue weighted by Crippen LogP contribution is 2.29. The highest BCUT2D eigenvalue weighted by Gasteiger charge is 2.36. The molecule has 2 aliphatic heterocycles. The Labute approximate surface area is 132 Å². The van der Waals surface area contributed by atoms with Crippen LogP contribution in [0.3, 0.4) is 0 Å². The molecule has 0 saturated carbocycles. The second kappa shape index (κ2) is 7.14. The molecule has 1 aromatic rings. The second-order valence-electron chi connectivity index (χ2n) is 5.87. The minimum Gasteiger partial charge on any atom is -0.484 e. The molecule has 1 aromatic carbocycles. The molecular formula is C16H23ClN2O2. The molecule has 0 aromatic heterocycles. The number of para-hydroxylation sites is 1. The van der Waals surface area contributed by atoms with Gasteiger partial charge in [-0.05, 0) is 37.8 Å². The number of nitrogens with one attached hydrogen (secondary N) is 1. The smallest absolute Gasteiger partial charge is 0.260 e. The van der Waals surface area contributed by atoms with E-state index in [4.69, 9.17) is 4.74 Å². The second-order valence-corrected chi connectivity index (χ2v) is 5.87. The third-order valence-corrected chi connectivity index (χ3v) is 4.49. The molecule has 2 unspecified atom stereocenters. The van der Waals surface area contributed by atoms with Crippen LogP contribution in [-0.4, -0.2) is 42.6 Å². The van der Waals surface area contributed by atoms with Gasteiger partial charge in [0.1, 0.15) is 5.75 Å². The van der Waals surface area contributed by atoms with Crippen LogP contribution in [0.4, 0.5) is 0 Å². The molecule has 2 atom stereocenters. The molecule has 2 saturated heterocycles. The van der Waals surface area contributed by atoms with Gasteiger partial charge in [-0.3, -0.25) is 4.79 Å². The Morgan fingerprint density at radius 1 is 1.24 bits per heavy atom. The van der Waals surface area contributed by atoms with E-state index < -0.39 is 0 Å². The van der Waals surface area contributed by atoms with Crippen molar-refractivity contribution in [2.24, 2.45) is 0 Å². The van der Waals surface area contributed by atoms with E-state index in [0.717, 1.165) is 18.6 Å². The van der Waals surface area contributed by atoms with Crippen molar-refractivity contribution in [3.05, 3.63) is 30.3 Å². The van der Waals surface area contributed by atoms with Crippen LogP contribution in [-0.2, 0) is 4.79 Å². The Balaban J connectivity index is 0.00000161. The molecule has 2 bridgehead atoms. The molecule has 5 heteroatoms. The van der Waals surface area contributed by atoms with Crippen molar-refractivity contribution in [1.82, 2.24) is 10.2 Å². The lowest BCUT2D eigenvalue weighted by atomic mass is 9.98. The number of hydrogen-bond acceptors (Lipinski definition) is 3. The highest BCUT2D eigenvalue weighted by molar-refractivity contribution is 5.85. The average molecular weight is 311 g/mol. The molecule has 0 radical (unpaired) electrons. The maximum atomic E-state index is 12.2. The van der Waals surface area contributed by atoms with E-state index in [9.17, 15) is 4.79 Å². The number of carbonyl (C=O) groups excluding carboxylic acids is 1. The van der Waals surface area contributed by atoms with Crippen molar-refractivity contribution in [3.63, 3.8) is 0 Å². The fourth-order valence-electron chi connectivity index (χ4n) is 3.31. The largest absolute Gasteiger partial charge is 0.484 e. The average Bonchev–Trinajstić information content (AvgIpc) is 2.83. The molecule has 1 N–H and O–H groups in total. The van der Waals surface area contributed by atoms with Gasteiger partial charge in [-0.25, -0.2) is 0 Å². The molecule has 3 rings (SSSR count). The maximum Gasteiger partial charge on any atom is 0.260 e. The van der Waals surface area contributed by atoms with E-state index in [-0.39, 0.29) is 24.9 Å². The van der Waals surface area contributed by atoms with Crippen LogP contribution >= 0.6 is 12.4 Å². The Bertz CT molecular complexity index is 457. The van der Waals surface area contributed by atoms with Gasteiger partial charge in [0.25, 0.3) is 5.91 Å². The van der Waals surface area contributed by atoms with Crippen molar-refractivity contribution in [3.8, 4) is 5.75 Å². The minimum atomic E-state index is 0. The van der Waals surface area contributed by atoms with Crippen LogP contribution in [0.5, 0.6) is 5.75 Å². The van der Waals surface area contributed by atoms with Gasteiger partial charge in [0.05, 0.1) is 0 Å². The molecule has 0 spiro atoms. The van der Waals surface area contributed by atoms with Crippen LogP contribution in [0.2, 0.25) is 0 Å². The van der Waals surface area contributed by atoms with Crippen LogP contribution in [0.25, 0.3) is 0 Å². The zero-order chi connectivity index (χ0) is 13.9. The molecule has 2 fully saturated rings. The van der Waals surface area contributed by atoms with Gasteiger partial charge in [0.15, 0.2) is 6.61 Å². The minimum absolute atomic E-state index is 0. The lowest BCUT2D eigenvalue weighted by molar-refractivity contribution is -0.134. The number of likely N-dealkylation sites (N-methyl/N-ethyl adjacent to an activating group) is 1. The van der Waals surface area contributed by atoms with Gasteiger partial charge in [-0.1, -0.05) is 18.2 Å². The predicted molar refractivity (Wildman–Crippen MR) is 84.9 cm³/mol. The molecule has 1 amide bonds. The van der Waals surface area contributed by atoms with Crippen molar-refractivity contribution in [2.75, 3.05) is 13.7 Å². The Kier molecular flexibility index (Phi) is 5.48. The normalized spacial score (nSPS) is 26.8. The summed E-state index contributed by atoms with van der Waals surface area (Å²) in [7, 11) is 1.91. The number of nitrogens with zero attached hydrogens (tertiary/aromatic N) is 1. The van der Waals surface area contributed by atoms with Crippen LogP contribution in [0.15, 0.2) is 30.3 Å². The number of carbonyl (C=O) groups is 1. The van der Waals surface area contributed by atoms with Crippen molar-refractivity contribution < 1.29 is 9.53 Å². The maximum absolute atomic E-state index is 12.2. The Hall–Kier alpha value is -1.26. The molecule has 2 heterocycles. The summed E-state index contributed by atoms with van der Waals surface area (Å²) in [5.74, 6) is 0.819. The van der Waals surface area contributed by atoms with Crippen LogP contribution < -0.4 is 10.1 Å². The molecule has 4 nitrogen and oxygen atoms in total. The van der Waals surface area contributed by atoms with E-state index in [1.165, 1.54) is 12.8 Å². The summed E-state index contributed by atoms with van der Waals surface area (Å²) in [5.41, 5.74) is 0. The summed E-state index contributed by atoms with van der Waals surface area (Å²) in [4.78, 5) is 14.1. The lowest BCUT2D eigenvalue weighted by Crippen LogP contribution is -2.49. The monoisotopic (exact) mass is 310 g/mol. The Morgan fingerprint density at radius 3 is 2.48 bits per heavy atom. The van der Waals surface area contributed by atoms with Gasteiger partial charge >= 0.3 is 0 Å². The van der Waals surface area contributed by atoms with E-state index in [1.807, 2.05) is 42.3 Å². The van der Waals surface area contributed by atoms with Gasteiger partial charge < -0.3 is 15.0 Å². The third kappa shape index (κ3) is 3.89.